The highest BCUT2D eigenvalue weighted by atomic mass is 32.2. The molecule has 1 heterocycles. The second-order valence-corrected chi connectivity index (χ2v) is 6.76. The molecule has 0 bridgehead atoms. The summed E-state index contributed by atoms with van der Waals surface area (Å²) < 4.78 is 0. The normalized spacial score (nSPS) is 22.7. The lowest BCUT2D eigenvalue weighted by molar-refractivity contribution is 0.318. The van der Waals surface area contributed by atoms with Crippen molar-refractivity contribution in [3.05, 3.63) is 0 Å². The molecule has 1 fully saturated rings. The molecule has 1 rings (SSSR count). The minimum absolute atomic E-state index is 0.481. The second kappa shape index (κ2) is 8.69. The highest BCUT2D eigenvalue weighted by molar-refractivity contribution is 8.00. The lowest BCUT2D eigenvalue weighted by atomic mass is 10.3. The molecule has 0 aliphatic carbocycles. The van der Waals surface area contributed by atoms with Crippen molar-refractivity contribution in [2.24, 2.45) is 4.99 Å². The molecule has 0 amide bonds. The topological polar surface area (TPSA) is 30.9 Å². The van der Waals surface area contributed by atoms with E-state index in [9.17, 15) is 0 Å². The van der Waals surface area contributed by atoms with Crippen LogP contribution in [-0.2, 0) is 0 Å². The summed E-state index contributed by atoms with van der Waals surface area (Å²) in [6.45, 7) is 10.7. The van der Waals surface area contributed by atoms with E-state index in [-0.39, 0.29) is 0 Å². The summed E-state index contributed by atoms with van der Waals surface area (Å²) in [4.78, 5) is 9.45. The summed E-state index contributed by atoms with van der Waals surface area (Å²) in [5.74, 6) is 2.31. The Hall–Kier alpha value is -0.420. The number of rotatable bonds is 5. The van der Waals surface area contributed by atoms with Crippen LogP contribution in [0.4, 0.5) is 0 Å². The largest absolute Gasteiger partial charge is 0.357 e. The van der Waals surface area contributed by atoms with E-state index in [2.05, 4.69) is 61.7 Å². The second-order valence-electron chi connectivity index (χ2n) is 5.35. The van der Waals surface area contributed by atoms with E-state index in [1.807, 2.05) is 0 Å². The molecule has 112 valence electrons. The Kier molecular flexibility index (Phi) is 7.61. The van der Waals surface area contributed by atoms with Gasteiger partial charge in [-0.15, -0.1) is 0 Å². The molecule has 0 aromatic carbocycles. The Bertz CT molecular complexity index is 281. The molecule has 0 aromatic rings. The molecular weight excluding hydrogens is 256 g/mol. The maximum atomic E-state index is 4.81. The number of hydrogen-bond donors (Lipinski definition) is 1. The number of likely N-dealkylation sites (N-methyl/N-ethyl adjacent to an activating group) is 1. The van der Waals surface area contributed by atoms with Gasteiger partial charge in [-0.05, 0) is 34.4 Å². The van der Waals surface area contributed by atoms with Crippen LogP contribution < -0.4 is 5.32 Å². The van der Waals surface area contributed by atoms with Gasteiger partial charge in [0.2, 0.25) is 0 Å². The molecule has 0 radical (unpaired) electrons. The van der Waals surface area contributed by atoms with Gasteiger partial charge in [-0.1, -0.05) is 6.92 Å². The molecule has 5 heteroatoms. The molecule has 1 aliphatic rings. The molecule has 19 heavy (non-hydrogen) atoms. The van der Waals surface area contributed by atoms with Gasteiger partial charge in [-0.2, -0.15) is 11.8 Å². The lowest BCUT2D eigenvalue weighted by Gasteiger charge is -2.34. The first-order valence-corrected chi connectivity index (χ1v) is 8.44. The fraction of sp³-hybridized carbons (Fsp3) is 0.929. The molecule has 1 N–H and O–H groups in total. The van der Waals surface area contributed by atoms with Gasteiger partial charge in [-0.3, -0.25) is 4.99 Å². The van der Waals surface area contributed by atoms with Gasteiger partial charge in [0.15, 0.2) is 5.96 Å². The number of nitrogens with zero attached hydrogens (tertiary/aromatic N) is 3. The first-order chi connectivity index (χ1) is 9.08. The van der Waals surface area contributed by atoms with Crippen LogP contribution in [-0.4, -0.2) is 73.1 Å². The van der Waals surface area contributed by atoms with Crippen molar-refractivity contribution >= 4 is 17.7 Å². The Morgan fingerprint density at radius 2 is 2.21 bits per heavy atom. The van der Waals surface area contributed by atoms with Crippen molar-refractivity contribution in [2.45, 2.75) is 38.5 Å². The summed E-state index contributed by atoms with van der Waals surface area (Å²) in [7, 11) is 4.22. The minimum Gasteiger partial charge on any atom is -0.357 e. The average molecular weight is 286 g/mol. The van der Waals surface area contributed by atoms with Crippen molar-refractivity contribution in [2.75, 3.05) is 46.0 Å². The number of guanidine groups is 1. The third-order valence-corrected chi connectivity index (χ3v) is 4.99. The lowest BCUT2D eigenvalue weighted by Crippen LogP contribution is -2.48. The standard InChI is InChI=1S/C14H30N4S/c1-6-13-11-18(8-9-19-13)14(15-7-2)16-10-12(3)17(4)5/h12-13H,6-11H2,1-5H3,(H,15,16). The molecule has 0 spiro atoms. The molecule has 1 saturated heterocycles. The number of aliphatic imine (C=N–C) groups is 1. The first-order valence-electron chi connectivity index (χ1n) is 7.39. The zero-order chi connectivity index (χ0) is 14.3. The van der Waals surface area contributed by atoms with Gasteiger partial charge in [0.1, 0.15) is 0 Å². The third-order valence-electron chi connectivity index (χ3n) is 3.62. The Morgan fingerprint density at radius 3 is 2.79 bits per heavy atom. The maximum absolute atomic E-state index is 4.81. The summed E-state index contributed by atoms with van der Waals surface area (Å²) >= 11 is 2.10. The van der Waals surface area contributed by atoms with Crippen molar-refractivity contribution in [1.29, 1.82) is 0 Å². The number of nitrogens with one attached hydrogen (secondary N) is 1. The molecular formula is C14H30N4S. The first kappa shape index (κ1) is 16.6. The highest BCUT2D eigenvalue weighted by Gasteiger charge is 2.21. The van der Waals surface area contributed by atoms with E-state index < -0.39 is 0 Å². The van der Waals surface area contributed by atoms with Crippen molar-refractivity contribution in [1.82, 2.24) is 15.1 Å². The molecule has 0 aromatic heterocycles. The Morgan fingerprint density at radius 1 is 1.47 bits per heavy atom. The maximum Gasteiger partial charge on any atom is 0.194 e. The smallest absolute Gasteiger partial charge is 0.194 e. The van der Waals surface area contributed by atoms with Gasteiger partial charge < -0.3 is 15.1 Å². The van der Waals surface area contributed by atoms with E-state index in [0.29, 0.717) is 6.04 Å². The van der Waals surface area contributed by atoms with Gasteiger partial charge in [-0.25, -0.2) is 0 Å². The number of thioether (sulfide) groups is 1. The van der Waals surface area contributed by atoms with Crippen LogP contribution in [0.1, 0.15) is 27.2 Å². The average Bonchev–Trinajstić information content (AvgIpc) is 2.42. The van der Waals surface area contributed by atoms with E-state index in [0.717, 1.165) is 37.4 Å². The van der Waals surface area contributed by atoms with E-state index in [4.69, 9.17) is 4.99 Å². The summed E-state index contributed by atoms with van der Waals surface area (Å²) in [5.41, 5.74) is 0. The summed E-state index contributed by atoms with van der Waals surface area (Å²) in [6, 6.07) is 0.481. The van der Waals surface area contributed by atoms with Crippen LogP contribution in [0, 0.1) is 0 Å². The van der Waals surface area contributed by atoms with Crippen molar-refractivity contribution in [3.8, 4) is 0 Å². The monoisotopic (exact) mass is 286 g/mol. The van der Waals surface area contributed by atoms with Crippen LogP contribution >= 0.6 is 11.8 Å². The van der Waals surface area contributed by atoms with Crippen molar-refractivity contribution in [3.63, 3.8) is 0 Å². The van der Waals surface area contributed by atoms with Crippen LogP contribution in [0.25, 0.3) is 0 Å². The van der Waals surface area contributed by atoms with Crippen LogP contribution in [0.15, 0.2) is 4.99 Å². The van der Waals surface area contributed by atoms with Crippen LogP contribution in [0.2, 0.25) is 0 Å². The van der Waals surface area contributed by atoms with Gasteiger partial charge in [0, 0.05) is 36.7 Å². The zero-order valence-corrected chi connectivity index (χ0v) is 14.0. The summed E-state index contributed by atoms with van der Waals surface area (Å²) in [5, 5.41) is 4.19. The molecule has 1 aliphatic heterocycles. The van der Waals surface area contributed by atoms with Gasteiger partial charge >= 0.3 is 0 Å². The molecule has 2 unspecified atom stereocenters. The predicted molar refractivity (Wildman–Crippen MR) is 87.2 cm³/mol. The predicted octanol–water partition coefficient (Wildman–Crippen LogP) is 1.73. The summed E-state index contributed by atoms with van der Waals surface area (Å²) in [6.07, 6.45) is 1.24. The third kappa shape index (κ3) is 5.61. The van der Waals surface area contributed by atoms with Gasteiger partial charge in [0.05, 0.1) is 6.54 Å². The Balaban J connectivity index is 2.62. The molecule has 2 atom stereocenters. The molecule has 4 nitrogen and oxygen atoms in total. The minimum atomic E-state index is 0.481. The van der Waals surface area contributed by atoms with Gasteiger partial charge in [0.25, 0.3) is 0 Å². The zero-order valence-electron chi connectivity index (χ0n) is 13.1. The van der Waals surface area contributed by atoms with Crippen molar-refractivity contribution < 1.29 is 0 Å². The Labute approximate surface area is 123 Å². The quantitative estimate of drug-likeness (QED) is 0.616. The van der Waals surface area contributed by atoms with E-state index in [1.54, 1.807) is 0 Å². The SMILES string of the molecule is CCNC(=NCC(C)N(C)C)N1CCSC(CC)C1. The van der Waals surface area contributed by atoms with E-state index in [1.165, 1.54) is 12.2 Å². The number of hydrogen-bond acceptors (Lipinski definition) is 3. The molecule has 0 saturated carbocycles. The van der Waals surface area contributed by atoms with Crippen LogP contribution in [0.3, 0.4) is 0 Å². The highest BCUT2D eigenvalue weighted by Crippen LogP contribution is 2.21. The fourth-order valence-corrected chi connectivity index (χ4v) is 3.15. The fourth-order valence-electron chi connectivity index (χ4n) is 1.97. The van der Waals surface area contributed by atoms with E-state index >= 15 is 0 Å². The van der Waals surface area contributed by atoms with Crippen LogP contribution in [0.5, 0.6) is 0 Å².